The quantitative estimate of drug-likeness (QED) is 0.427. The molecule has 170 valence electrons. The van der Waals surface area contributed by atoms with Gasteiger partial charge in [0.15, 0.2) is 0 Å². The van der Waals surface area contributed by atoms with Crippen LogP contribution in [0.3, 0.4) is 0 Å². The molecule has 0 bridgehead atoms. The van der Waals surface area contributed by atoms with Gasteiger partial charge in [-0.15, -0.1) is 0 Å². The number of carbonyl (C=O) groups excluding carboxylic acids is 1. The minimum Gasteiger partial charge on any atom is -0.351 e. The van der Waals surface area contributed by atoms with Gasteiger partial charge < -0.3 is 10.3 Å². The summed E-state index contributed by atoms with van der Waals surface area (Å²) in [6.45, 7) is 4.67. The van der Waals surface area contributed by atoms with Gasteiger partial charge in [0.05, 0.1) is 22.7 Å². The molecular formula is C26H28FN5O. The smallest absolute Gasteiger partial charge is 0.269 e. The number of hydrogen-bond acceptors (Lipinski definition) is 4. The summed E-state index contributed by atoms with van der Waals surface area (Å²) in [5.41, 5.74) is 4.07. The van der Waals surface area contributed by atoms with E-state index in [0.717, 1.165) is 53.4 Å². The Kier molecular flexibility index (Phi) is 5.79. The zero-order chi connectivity index (χ0) is 22.9. The van der Waals surface area contributed by atoms with Gasteiger partial charge >= 0.3 is 0 Å². The van der Waals surface area contributed by atoms with Crippen molar-refractivity contribution in [2.75, 3.05) is 6.54 Å². The fraction of sp³-hybridized carbons (Fsp3) is 0.385. The lowest BCUT2D eigenvalue weighted by Gasteiger charge is -2.32. The highest BCUT2D eigenvalue weighted by Gasteiger charge is 2.29. The third kappa shape index (κ3) is 4.19. The second-order valence-corrected chi connectivity index (χ2v) is 9.03. The number of hydrogen-bond donors (Lipinski definition) is 2. The molecule has 33 heavy (non-hydrogen) atoms. The Bertz CT molecular complexity index is 1310. The van der Waals surface area contributed by atoms with E-state index in [2.05, 4.69) is 33.3 Å². The van der Waals surface area contributed by atoms with Crippen molar-refractivity contribution in [3.8, 4) is 0 Å². The lowest BCUT2D eigenvalue weighted by molar-refractivity contribution is 0.0951. The summed E-state index contributed by atoms with van der Waals surface area (Å²) in [6.07, 6.45) is 7.83. The normalized spacial score (nSPS) is 19.6. The van der Waals surface area contributed by atoms with Crippen LogP contribution in [0.1, 0.15) is 73.2 Å². The molecule has 7 heteroatoms. The van der Waals surface area contributed by atoms with Crippen molar-refractivity contribution in [1.82, 2.24) is 25.3 Å². The van der Waals surface area contributed by atoms with Crippen molar-refractivity contribution in [3.63, 3.8) is 0 Å². The average molecular weight is 446 g/mol. The average Bonchev–Trinajstić information content (AvgIpc) is 3.27. The van der Waals surface area contributed by atoms with Crippen molar-refractivity contribution < 1.29 is 9.18 Å². The number of nitrogens with one attached hydrogen (secondary N) is 2. The van der Waals surface area contributed by atoms with Crippen molar-refractivity contribution in [2.24, 2.45) is 5.92 Å². The molecule has 2 N–H and O–H groups in total. The standard InChI is InChI=1S/C26H28FN5O/c1-3-28-26(33)23-13-22-24(14-30-23)32-25(31-22)15(2)16-4-6-17(7-5-16)19-10-11-29-21-9-8-18(27)12-20(19)21/h8-17H,3-7H2,1-2H3,(H,28,33)(H,31,32)/t15-,16-,17+/m1/s1. The Morgan fingerprint density at radius 3 is 2.76 bits per heavy atom. The molecule has 0 radical (unpaired) electrons. The monoisotopic (exact) mass is 445 g/mol. The Morgan fingerprint density at radius 2 is 1.97 bits per heavy atom. The number of imidazole rings is 1. The summed E-state index contributed by atoms with van der Waals surface area (Å²) in [5.74, 6) is 1.76. The SMILES string of the molecule is CCNC(=O)c1cc2nc([C@H](C)[C@H]3CC[C@@H](c4ccnc5ccc(F)cc54)CC3)[nH]c2cn1. The molecule has 0 aliphatic heterocycles. The Balaban J connectivity index is 1.31. The zero-order valence-electron chi connectivity index (χ0n) is 18.9. The third-order valence-electron chi connectivity index (χ3n) is 7.04. The van der Waals surface area contributed by atoms with Crippen LogP contribution in [0.4, 0.5) is 4.39 Å². The number of fused-ring (bicyclic) bond motifs is 2. The lowest BCUT2D eigenvalue weighted by Crippen LogP contribution is -2.23. The van der Waals surface area contributed by atoms with E-state index >= 15 is 0 Å². The van der Waals surface area contributed by atoms with Gasteiger partial charge in [0.2, 0.25) is 0 Å². The second-order valence-electron chi connectivity index (χ2n) is 9.03. The molecule has 1 aromatic carbocycles. The van der Waals surface area contributed by atoms with Gasteiger partial charge in [-0.2, -0.15) is 0 Å². The first-order valence-electron chi connectivity index (χ1n) is 11.7. The number of nitrogens with zero attached hydrogens (tertiary/aromatic N) is 3. The number of carbonyl (C=O) groups is 1. The molecular weight excluding hydrogens is 417 g/mol. The Morgan fingerprint density at radius 1 is 1.15 bits per heavy atom. The topological polar surface area (TPSA) is 83.6 Å². The fourth-order valence-corrected chi connectivity index (χ4v) is 5.17. The number of rotatable bonds is 5. The number of aromatic nitrogens is 4. The van der Waals surface area contributed by atoms with E-state index in [1.54, 1.807) is 24.4 Å². The van der Waals surface area contributed by atoms with Crippen molar-refractivity contribution in [1.29, 1.82) is 0 Å². The highest BCUT2D eigenvalue weighted by Crippen LogP contribution is 2.42. The van der Waals surface area contributed by atoms with Gasteiger partial charge in [-0.1, -0.05) is 6.92 Å². The number of pyridine rings is 2. The molecule has 0 saturated heterocycles. The van der Waals surface area contributed by atoms with Gasteiger partial charge in [-0.25, -0.2) is 14.4 Å². The van der Waals surface area contributed by atoms with Gasteiger partial charge in [-0.05, 0) is 80.3 Å². The summed E-state index contributed by atoms with van der Waals surface area (Å²) < 4.78 is 13.9. The molecule has 1 fully saturated rings. The lowest BCUT2D eigenvalue weighted by atomic mass is 9.73. The maximum atomic E-state index is 13.9. The van der Waals surface area contributed by atoms with Gasteiger partial charge in [0.25, 0.3) is 5.91 Å². The molecule has 3 aromatic heterocycles. The molecule has 5 rings (SSSR count). The van der Waals surface area contributed by atoms with Gasteiger partial charge in [-0.3, -0.25) is 9.78 Å². The number of amides is 1. The molecule has 1 amide bonds. The largest absolute Gasteiger partial charge is 0.351 e. The highest BCUT2D eigenvalue weighted by molar-refractivity contribution is 5.95. The van der Waals surface area contributed by atoms with E-state index in [1.165, 1.54) is 11.6 Å². The van der Waals surface area contributed by atoms with Crippen LogP contribution in [0.5, 0.6) is 0 Å². The van der Waals surface area contributed by atoms with Crippen LogP contribution in [0.2, 0.25) is 0 Å². The predicted molar refractivity (Wildman–Crippen MR) is 127 cm³/mol. The zero-order valence-corrected chi connectivity index (χ0v) is 18.9. The summed E-state index contributed by atoms with van der Waals surface area (Å²) in [6, 6.07) is 8.64. The first kappa shape index (κ1) is 21.5. The number of benzene rings is 1. The van der Waals surface area contributed by atoms with Crippen molar-refractivity contribution in [3.05, 3.63) is 65.6 Å². The molecule has 0 spiro atoms. The van der Waals surface area contributed by atoms with Crippen LogP contribution < -0.4 is 5.32 Å². The van der Waals surface area contributed by atoms with E-state index in [9.17, 15) is 9.18 Å². The fourth-order valence-electron chi connectivity index (χ4n) is 5.17. The van der Waals surface area contributed by atoms with Crippen LogP contribution in [0.25, 0.3) is 21.9 Å². The molecule has 1 atom stereocenters. The van der Waals surface area contributed by atoms with E-state index < -0.39 is 0 Å². The maximum absolute atomic E-state index is 13.9. The molecule has 3 heterocycles. The summed E-state index contributed by atoms with van der Waals surface area (Å²) >= 11 is 0. The second kappa shape index (κ2) is 8.89. The molecule has 0 unspecified atom stereocenters. The van der Waals surface area contributed by atoms with Crippen LogP contribution in [0, 0.1) is 11.7 Å². The maximum Gasteiger partial charge on any atom is 0.269 e. The van der Waals surface area contributed by atoms with E-state index in [-0.39, 0.29) is 17.6 Å². The predicted octanol–water partition coefficient (Wildman–Crippen LogP) is 5.47. The first-order chi connectivity index (χ1) is 16.0. The summed E-state index contributed by atoms with van der Waals surface area (Å²) in [5, 5.41) is 3.71. The summed E-state index contributed by atoms with van der Waals surface area (Å²) in [4.78, 5) is 29.0. The van der Waals surface area contributed by atoms with Crippen LogP contribution in [0.15, 0.2) is 42.7 Å². The van der Waals surface area contributed by atoms with E-state index in [0.29, 0.717) is 24.1 Å². The Labute approximate surface area is 192 Å². The van der Waals surface area contributed by atoms with Crippen LogP contribution in [-0.2, 0) is 0 Å². The Hall–Kier alpha value is -3.35. The minimum absolute atomic E-state index is 0.182. The van der Waals surface area contributed by atoms with Crippen molar-refractivity contribution >= 4 is 27.8 Å². The van der Waals surface area contributed by atoms with Gasteiger partial charge in [0.1, 0.15) is 17.3 Å². The van der Waals surface area contributed by atoms with Crippen LogP contribution >= 0.6 is 0 Å². The highest BCUT2D eigenvalue weighted by atomic mass is 19.1. The number of H-pyrrole nitrogens is 1. The van der Waals surface area contributed by atoms with Gasteiger partial charge in [0, 0.05) is 24.0 Å². The third-order valence-corrected chi connectivity index (χ3v) is 7.04. The molecule has 4 aromatic rings. The molecule has 6 nitrogen and oxygen atoms in total. The molecule has 1 aliphatic rings. The minimum atomic E-state index is -0.214. The molecule has 1 saturated carbocycles. The number of halogens is 1. The number of aromatic amines is 1. The van der Waals surface area contributed by atoms with E-state index in [4.69, 9.17) is 4.98 Å². The van der Waals surface area contributed by atoms with Crippen LogP contribution in [-0.4, -0.2) is 32.4 Å². The van der Waals surface area contributed by atoms with E-state index in [1.807, 2.05) is 13.1 Å². The van der Waals surface area contributed by atoms with Crippen molar-refractivity contribution in [2.45, 2.75) is 51.4 Å². The first-order valence-corrected chi connectivity index (χ1v) is 11.7. The molecule has 1 aliphatic carbocycles. The summed E-state index contributed by atoms with van der Waals surface area (Å²) in [7, 11) is 0.